The molecule has 4 rings (SSSR count). The fourth-order valence-electron chi connectivity index (χ4n) is 3.95. The molecule has 1 aromatic heterocycles. The van der Waals surface area contributed by atoms with E-state index in [1.807, 2.05) is 31.2 Å². The van der Waals surface area contributed by atoms with Crippen LogP contribution in [0, 0.1) is 6.92 Å². The largest absolute Gasteiger partial charge is 0.337 e. The van der Waals surface area contributed by atoms with E-state index in [-0.39, 0.29) is 24.3 Å². The first-order valence-electron chi connectivity index (χ1n) is 9.45. The molecule has 2 aliphatic heterocycles. The monoisotopic (exact) mass is 381 g/mol. The van der Waals surface area contributed by atoms with Crippen molar-refractivity contribution in [2.45, 2.75) is 25.9 Å². The summed E-state index contributed by atoms with van der Waals surface area (Å²) in [6.07, 6.45) is 3.49. The molecule has 0 saturated carbocycles. The molecule has 1 unspecified atom stereocenters. The Morgan fingerprint density at radius 1 is 1.25 bits per heavy atom. The fourth-order valence-corrected chi connectivity index (χ4v) is 3.95. The third-order valence-electron chi connectivity index (χ3n) is 5.39. The van der Waals surface area contributed by atoms with E-state index in [0.717, 1.165) is 11.1 Å². The van der Waals surface area contributed by atoms with Crippen LogP contribution in [0.4, 0.5) is 0 Å². The Labute approximate surface area is 163 Å². The van der Waals surface area contributed by atoms with E-state index in [1.54, 1.807) is 20.9 Å². The van der Waals surface area contributed by atoms with Crippen molar-refractivity contribution in [3.8, 4) is 0 Å². The standard InChI is InChI=1S/C20H23N5O3/c1-14-3-2-4-15(9-14)12-24-13-18(26)25-8-7-23(6-5-17(25)20(24)28)19(27)16-10-21-22-11-16/h2-4,9-11,17H,5-8,12-13H2,1H3,(H,21,22). The molecule has 8 heteroatoms. The summed E-state index contributed by atoms with van der Waals surface area (Å²) >= 11 is 0. The van der Waals surface area contributed by atoms with Gasteiger partial charge in [-0.1, -0.05) is 29.8 Å². The minimum absolute atomic E-state index is 0.0429. The number of amides is 3. The molecule has 2 saturated heterocycles. The molecule has 3 heterocycles. The van der Waals surface area contributed by atoms with Gasteiger partial charge < -0.3 is 14.7 Å². The van der Waals surface area contributed by atoms with Gasteiger partial charge in [0.2, 0.25) is 11.8 Å². The number of nitrogens with one attached hydrogen (secondary N) is 1. The van der Waals surface area contributed by atoms with Crippen LogP contribution in [0.3, 0.4) is 0 Å². The van der Waals surface area contributed by atoms with Crippen molar-refractivity contribution in [1.29, 1.82) is 0 Å². The molecular formula is C20H23N5O3. The number of hydrogen-bond acceptors (Lipinski definition) is 4. The van der Waals surface area contributed by atoms with Crippen LogP contribution in [0.2, 0.25) is 0 Å². The van der Waals surface area contributed by atoms with Gasteiger partial charge in [0.15, 0.2) is 0 Å². The Hall–Kier alpha value is -3.16. The number of nitrogens with zero attached hydrogens (tertiary/aromatic N) is 4. The Morgan fingerprint density at radius 2 is 2.11 bits per heavy atom. The van der Waals surface area contributed by atoms with Gasteiger partial charge in [0.1, 0.15) is 12.6 Å². The smallest absolute Gasteiger partial charge is 0.257 e. The van der Waals surface area contributed by atoms with E-state index in [4.69, 9.17) is 0 Å². The predicted octanol–water partition coefficient (Wildman–Crippen LogP) is 0.804. The van der Waals surface area contributed by atoms with Crippen molar-refractivity contribution >= 4 is 17.7 Å². The maximum Gasteiger partial charge on any atom is 0.257 e. The van der Waals surface area contributed by atoms with Crippen molar-refractivity contribution in [2.75, 3.05) is 26.2 Å². The first-order valence-corrected chi connectivity index (χ1v) is 9.45. The van der Waals surface area contributed by atoms with Gasteiger partial charge >= 0.3 is 0 Å². The highest BCUT2D eigenvalue weighted by Gasteiger charge is 2.41. The number of fused-ring (bicyclic) bond motifs is 1. The lowest BCUT2D eigenvalue weighted by molar-refractivity contribution is -0.156. The summed E-state index contributed by atoms with van der Waals surface area (Å²) < 4.78 is 0. The van der Waals surface area contributed by atoms with Gasteiger partial charge in [-0.15, -0.1) is 0 Å². The summed E-state index contributed by atoms with van der Waals surface area (Å²) in [5.74, 6) is -0.237. The molecule has 146 valence electrons. The van der Waals surface area contributed by atoms with E-state index < -0.39 is 6.04 Å². The second kappa shape index (κ2) is 7.46. The normalized spacial score (nSPS) is 20.2. The SMILES string of the molecule is Cc1cccc(CN2CC(=O)N3CCN(C(=O)c4cn[nH]c4)CCC3C2=O)c1. The number of aromatic nitrogens is 2. The molecule has 1 atom stereocenters. The summed E-state index contributed by atoms with van der Waals surface area (Å²) in [4.78, 5) is 43.3. The number of H-pyrrole nitrogens is 1. The quantitative estimate of drug-likeness (QED) is 0.852. The van der Waals surface area contributed by atoms with Crippen LogP contribution in [0.5, 0.6) is 0 Å². The van der Waals surface area contributed by atoms with Crippen LogP contribution in [-0.4, -0.2) is 74.8 Å². The number of hydrogen-bond donors (Lipinski definition) is 1. The van der Waals surface area contributed by atoms with E-state index in [1.165, 1.54) is 6.20 Å². The average molecular weight is 381 g/mol. The molecule has 2 aromatic rings. The molecule has 1 N–H and O–H groups in total. The van der Waals surface area contributed by atoms with Gasteiger partial charge in [-0.25, -0.2) is 0 Å². The Kier molecular flexibility index (Phi) is 4.85. The van der Waals surface area contributed by atoms with Crippen molar-refractivity contribution in [2.24, 2.45) is 0 Å². The van der Waals surface area contributed by atoms with Gasteiger partial charge in [-0.2, -0.15) is 5.10 Å². The molecule has 0 spiro atoms. The number of aromatic amines is 1. The Bertz CT molecular complexity index is 895. The zero-order chi connectivity index (χ0) is 19.7. The lowest BCUT2D eigenvalue weighted by Gasteiger charge is -2.39. The molecule has 28 heavy (non-hydrogen) atoms. The molecule has 3 amide bonds. The first kappa shape index (κ1) is 18.2. The number of carbonyl (C=O) groups excluding carboxylic acids is 3. The molecule has 1 aromatic carbocycles. The third-order valence-corrected chi connectivity index (χ3v) is 5.39. The topological polar surface area (TPSA) is 89.6 Å². The van der Waals surface area contributed by atoms with E-state index in [2.05, 4.69) is 10.2 Å². The van der Waals surface area contributed by atoms with Crippen LogP contribution >= 0.6 is 0 Å². The van der Waals surface area contributed by atoms with Gasteiger partial charge in [-0.3, -0.25) is 19.5 Å². The van der Waals surface area contributed by atoms with E-state index >= 15 is 0 Å². The number of carbonyl (C=O) groups is 3. The fraction of sp³-hybridized carbons (Fsp3) is 0.400. The highest BCUT2D eigenvalue weighted by molar-refractivity contribution is 5.96. The molecule has 0 bridgehead atoms. The molecule has 8 nitrogen and oxygen atoms in total. The number of piperazine rings is 1. The lowest BCUT2D eigenvalue weighted by Crippen LogP contribution is -2.59. The molecular weight excluding hydrogens is 358 g/mol. The van der Waals surface area contributed by atoms with Gasteiger partial charge in [0, 0.05) is 32.4 Å². The highest BCUT2D eigenvalue weighted by Crippen LogP contribution is 2.22. The Balaban J connectivity index is 1.48. The van der Waals surface area contributed by atoms with Crippen molar-refractivity contribution in [3.63, 3.8) is 0 Å². The minimum atomic E-state index is -0.506. The lowest BCUT2D eigenvalue weighted by atomic mass is 10.1. The molecule has 0 radical (unpaired) electrons. The first-order chi connectivity index (χ1) is 13.5. The Morgan fingerprint density at radius 3 is 2.86 bits per heavy atom. The molecule has 0 aliphatic carbocycles. The number of rotatable bonds is 3. The van der Waals surface area contributed by atoms with Gasteiger partial charge in [-0.05, 0) is 18.9 Å². The van der Waals surface area contributed by atoms with Crippen molar-refractivity contribution < 1.29 is 14.4 Å². The zero-order valence-corrected chi connectivity index (χ0v) is 15.8. The molecule has 2 fully saturated rings. The number of benzene rings is 1. The molecule has 2 aliphatic rings. The third kappa shape index (κ3) is 3.49. The second-order valence-electron chi connectivity index (χ2n) is 7.35. The van der Waals surface area contributed by atoms with Gasteiger partial charge in [0.05, 0.1) is 11.8 Å². The van der Waals surface area contributed by atoms with Crippen molar-refractivity contribution in [1.82, 2.24) is 24.9 Å². The van der Waals surface area contributed by atoms with Crippen LogP contribution in [0.1, 0.15) is 27.9 Å². The summed E-state index contributed by atoms with van der Waals surface area (Å²) in [6, 6.07) is 7.45. The van der Waals surface area contributed by atoms with Crippen LogP contribution in [0.15, 0.2) is 36.7 Å². The highest BCUT2D eigenvalue weighted by atomic mass is 16.2. The van der Waals surface area contributed by atoms with Gasteiger partial charge in [0.25, 0.3) is 5.91 Å². The summed E-state index contributed by atoms with van der Waals surface area (Å²) in [6.45, 7) is 3.73. The average Bonchev–Trinajstić information content (AvgIpc) is 3.11. The number of aryl methyl sites for hydroxylation is 1. The summed E-state index contributed by atoms with van der Waals surface area (Å²) in [5, 5.41) is 6.46. The second-order valence-corrected chi connectivity index (χ2v) is 7.35. The minimum Gasteiger partial charge on any atom is -0.337 e. The van der Waals surface area contributed by atoms with Crippen LogP contribution in [-0.2, 0) is 16.1 Å². The summed E-state index contributed by atoms with van der Waals surface area (Å²) in [5.41, 5.74) is 2.62. The predicted molar refractivity (Wildman–Crippen MR) is 101 cm³/mol. The van der Waals surface area contributed by atoms with Crippen LogP contribution in [0.25, 0.3) is 0 Å². The summed E-state index contributed by atoms with van der Waals surface area (Å²) in [7, 11) is 0. The zero-order valence-electron chi connectivity index (χ0n) is 15.8. The van der Waals surface area contributed by atoms with Crippen LogP contribution < -0.4 is 0 Å². The van der Waals surface area contributed by atoms with E-state index in [0.29, 0.717) is 38.2 Å². The maximum absolute atomic E-state index is 13.1. The van der Waals surface area contributed by atoms with Crippen molar-refractivity contribution in [3.05, 3.63) is 53.3 Å². The van der Waals surface area contributed by atoms with E-state index in [9.17, 15) is 14.4 Å². The maximum atomic E-state index is 13.1.